The Morgan fingerprint density at radius 2 is 2.09 bits per heavy atom. The standard InChI is InChI=1S/C16H19NO6/c1-21-12-7-11(8-13-14(12)23-6-5-22-13)15(18)17-4-2-3-10(9-17)16(19)20/h7-8,10H,2-6,9H2,1H3,(H,19,20)/t10-/m0/s1. The van der Waals surface area contributed by atoms with Gasteiger partial charge in [-0.1, -0.05) is 0 Å². The molecule has 1 saturated heterocycles. The highest BCUT2D eigenvalue weighted by Gasteiger charge is 2.30. The quantitative estimate of drug-likeness (QED) is 0.906. The van der Waals surface area contributed by atoms with E-state index in [2.05, 4.69) is 0 Å². The van der Waals surface area contributed by atoms with Gasteiger partial charge in [0.1, 0.15) is 13.2 Å². The number of fused-ring (bicyclic) bond motifs is 1. The van der Waals surface area contributed by atoms with Crippen LogP contribution in [0.4, 0.5) is 0 Å². The molecular weight excluding hydrogens is 302 g/mol. The van der Waals surface area contributed by atoms with Crippen LogP contribution in [-0.4, -0.2) is 55.3 Å². The molecule has 0 aromatic heterocycles. The molecule has 124 valence electrons. The Bertz CT molecular complexity index is 612. The van der Waals surface area contributed by atoms with E-state index in [4.69, 9.17) is 19.3 Å². The molecule has 0 aliphatic carbocycles. The van der Waals surface area contributed by atoms with E-state index in [9.17, 15) is 9.59 Å². The van der Waals surface area contributed by atoms with Crippen LogP contribution < -0.4 is 14.2 Å². The first-order chi connectivity index (χ1) is 11.1. The summed E-state index contributed by atoms with van der Waals surface area (Å²) in [4.78, 5) is 25.4. The monoisotopic (exact) mass is 321 g/mol. The first-order valence-corrected chi connectivity index (χ1v) is 7.60. The second-order valence-corrected chi connectivity index (χ2v) is 5.63. The molecule has 0 bridgehead atoms. The molecule has 0 unspecified atom stereocenters. The summed E-state index contributed by atoms with van der Waals surface area (Å²) in [5, 5.41) is 9.15. The van der Waals surface area contributed by atoms with Gasteiger partial charge in [0, 0.05) is 18.7 Å². The number of hydrogen-bond acceptors (Lipinski definition) is 5. The number of amides is 1. The predicted molar refractivity (Wildman–Crippen MR) is 80.2 cm³/mol. The molecular formula is C16H19NO6. The Morgan fingerprint density at radius 1 is 1.30 bits per heavy atom. The van der Waals surface area contributed by atoms with Crippen molar-refractivity contribution in [3.8, 4) is 17.2 Å². The van der Waals surface area contributed by atoms with Gasteiger partial charge in [-0.2, -0.15) is 0 Å². The van der Waals surface area contributed by atoms with E-state index in [0.717, 1.165) is 0 Å². The van der Waals surface area contributed by atoms with Crippen molar-refractivity contribution in [1.82, 2.24) is 4.90 Å². The Morgan fingerprint density at radius 3 is 2.83 bits per heavy atom. The van der Waals surface area contributed by atoms with Crippen LogP contribution in [-0.2, 0) is 4.79 Å². The lowest BCUT2D eigenvalue weighted by Gasteiger charge is -2.31. The SMILES string of the molecule is COc1cc(C(=O)N2CCC[C@H](C(=O)O)C2)cc2c1OCCO2. The molecule has 1 fully saturated rings. The van der Waals surface area contributed by atoms with Crippen molar-refractivity contribution < 1.29 is 28.9 Å². The first kappa shape index (κ1) is 15.5. The molecule has 3 rings (SSSR count). The molecule has 0 spiro atoms. The Labute approximate surface area is 133 Å². The highest BCUT2D eigenvalue weighted by molar-refractivity contribution is 5.96. The van der Waals surface area contributed by atoms with Gasteiger partial charge in [-0.15, -0.1) is 0 Å². The minimum absolute atomic E-state index is 0.216. The molecule has 0 saturated carbocycles. The smallest absolute Gasteiger partial charge is 0.308 e. The first-order valence-electron chi connectivity index (χ1n) is 7.60. The second-order valence-electron chi connectivity index (χ2n) is 5.63. The number of ether oxygens (including phenoxy) is 3. The summed E-state index contributed by atoms with van der Waals surface area (Å²) in [5.41, 5.74) is 0.414. The number of piperidine rings is 1. The number of likely N-dealkylation sites (tertiary alicyclic amines) is 1. The molecule has 2 aliphatic rings. The van der Waals surface area contributed by atoms with Gasteiger partial charge in [-0.25, -0.2) is 0 Å². The lowest BCUT2D eigenvalue weighted by atomic mass is 9.97. The van der Waals surface area contributed by atoms with Crippen LogP contribution in [0.1, 0.15) is 23.2 Å². The van der Waals surface area contributed by atoms with Gasteiger partial charge < -0.3 is 24.2 Å². The molecule has 1 atom stereocenters. The number of carboxylic acid groups (broad SMARTS) is 1. The van der Waals surface area contributed by atoms with E-state index in [1.165, 1.54) is 7.11 Å². The maximum Gasteiger partial charge on any atom is 0.308 e. The van der Waals surface area contributed by atoms with E-state index < -0.39 is 11.9 Å². The average Bonchev–Trinajstić information content (AvgIpc) is 2.60. The molecule has 1 N–H and O–H groups in total. The summed E-state index contributed by atoms with van der Waals surface area (Å²) < 4.78 is 16.3. The maximum atomic E-state index is 12.7. The summed E-state index contributed by atoms with van der Waals surface area (Å²) in [6.07, 6.45) is 1.29. The number of carbonyl (C=O) groups is 2. The molecule has 2 aliphatic heterocycles. The van der Waals surface area contributed by atoms with E-state index in [1.54, 1.807) is 17.0 Å². The van der Waals surface area contributed by atoms with Crippen molar-refractivity contribution in [2.45, 2.75) is 12.8 Å². The highest BCUT2D eigenvalue weighted by Crippen LogP contribution is 2.40. The van der Waals surface area contributed by atoms with Crippen LogP contribution >= 0.6 is 0 Å². The number of rotatable bonds is 3. The fourth-order valence-corrected chi connectivity index (χ4v) is 2.94. The summed E-state index contributed by atoms with van der Waals surface area (Å²) in [5.74, 6) is -0.166. The topological polar surface area (TPSA) is 85.3 Å². The minimum Gasteiger partial charge on any atom is -0.493 e. The molecule has 1 aromatic rings. The van der Waals surface area contributed by atoms with Crippen molar-refractivity contribution in [1.29, 1.82) is 0 Å². The van der Waals surface area contributed by atoms with Crippen molar-refractivity contribution in [2.24, 2.45) is 5.92 Å². The van der Waals surface area contributed by atoms with Crippen molar-refractivity contribution in [3.63, 3.8) is 0 Å². The van der Waals surface area contributed by atoms with Crippen LogP contribution in [0.25, 0.3) is 0 Å². The maximum absolute atomic E-state index is 12.7. The second kappa shape index (κ2) is 6.36. The summed E-state index contributed by atoms with van der Waals surface area (Å²) in [6.45, 7) is 1.63. The molecule has 0 radical (unpaired) electrons. The highest BCUT2D eigenvalue weighted by atomic mass is 16.6. The summed E-state index contributed by atoms with van der Waals surface area (Å²) in [6, 6.07) is 3.24. The Hall–Kier alpha value is -2.44. The van der Waals surface area contributed by atoms with Gasteiger partial charge in [0.2, 0.25) is 5.75 Å². The third-order valence-corrected chi connectivity index (χ3v) is 4.13. The molecule has 1 amide bonds. The van der Waals surface area contributed by atoms with Gasteiger partial charge >= 0.3 is 5.97 Å². The van der Waals surface area contributed by atoms with Crippen molar-refractivity contribution >= 4 is 11.9 Å². The Balaban J connectivity index is 1.86. The van der Waals surface area contributed by atoms with Crippen LogP contribution in [0.5, 0.6) is 17.2 Å². The van der Waals surface area contributed by atoms with E-state index in [-0.39, 0.29) is 12.5 Å². The Kier molecular flexibility index (Phi) is 4.27. The van der Waals surface area contributed by atoms with Crippen molar-refractivity contribution in [2.75, 3.05) is 33.4 Å². The van der Waals surface area contributed by atoms with E-state index in [1.807, 2.05) is 0 Å². The average molecular weight is 321 g/mol. The zero-order valence-corrected chi connectivity index (χ0v) is 12.9. The van der Waals surface area contributed by atoms with Crippen LogP contribution in [0.15, 0.2) is 12.1 Å². The molecule has 7 nitrogen and oxygen atoms in total. The van der Waals surface area contributed by atoms with Crippen LogP contribution in [0.2, 0.25) is 0 Å². The van der Waals surface area contributed by atoms with Gasteiger partial charge in [-0.3, -0.25) is 9.59 Å². The number of benzene rings is 1. The number of aliphatic carboxylic acids is 1. The normalized spacial score (nSPS) is 20.0. The largest absolute Gasteiger partial charge is 0.493 e. The third kappa shape index (κ3) is 3.04. The lowest BCUT2D eigenvalue weighted by molar-refractivity contribution is -0.143. The van der Waals surface area contributed by atoms with Gasteiger partial charge in [0.05, 0.1) is 13.0 Å². The zero-order valence-electron chi connectivity index (χ0n) is 12.9. The van der Waals surface area contributed by atoms with Crippen molar-refractivity contribution in [3.05, 3.63) is 17.7 Å². The van der Waals surface area contributed by atoms with E-state index in [0.29, 0.717) is 55.4 Å². The van der Waals surface area contributed by atoms with Gasteiger partial charge in [-0.05, 0) is 25.0 Å². The molecule has 1 aromatic carbocycles. The predicted octanol–water partition coefficient (Wildman–Crippen LogP) is 1.40. The lowest BCUT2D eigenvalue weighted by Crippen LogP contribution is -2.42. The summed E-state index contributed by atoms with van der Waals surface area (Å²) >= 11 is 0. The number of nitrogens with zero attached hydrogens (tertiary/aromatic N) is 1. The minimum atomic E-state index is -0.859. The number of carboxylic acids is 1. The summed E-state index contributed by atoms with van der Waals surface area (Å²) in [7, 11) is 1.50. The van der Waals surface area contributed by atoms with Crippen LogP contribution in [0, 0.1) is 5.92 Å². The number of hydrogen-bond donors (Lipinski definition) is 1. The number of carbonyl (C=O) groups excluding carboxylic acids is 1. The van der Waals surface area contributed by atoms with Gasteiger partial charge in [0.15, 0.2) is 11.5 Å². The molecule has 7 heteroatoms. The van der Waals surface area contributed by atoms with Gasteiger partial charge in [0.25, 0.3) is 5.91 Å². The van der Waals surface area contributed by atoms with E-state index >= 15 is 0 Å². The zero-order chi connectivity index (χ0) is 16.4. The number of methoxy groups -OCH3 is 1. The van der Waals surface area contributed by atoms with Crippen LogP contribution in [0.3, 0.4) is 0 Å². The molecule has 23 heavy (non-hydrogen) atoms. The molecule has 2 heterocycles. The third-order valence-electron chi connectivity index (χ3n) is 4.13. The fourth-order valence-electron chi connectivity index (χ4n) is 2.94. The fraction of sp³-hybridized carbons (Fsp3) is 0.500.